The van der Waals surface area contributed by atoms with E-state index in [-0.39, 0.29) is 5.97 Å². The molecule has 0 saturated carbocycles. The number of aryl methyl sites for hydroxylation is 1. The summed E-state index contributed by atoms with van der Waals surface area (Å²) in [7, 11) is 3.37. The van der Waals surface area contributed by atoms with Crippen molar-refractivity contribution in [2.24, 2.45) is 0 Å². The highest BCUT2D eigenvalue weighted by molar-refractivity contribution is 9.10. The standard InChI is InChI=1S/C16H17BBrNO3/c1-21-15(20)7-2-10-8-13(17)16(14(18)9-10)22-12-5-3-11(19)4-6-12/h3-6,8-9H,2,7,17,19H2,1H3. The normalized spacial score (nSPS) is 10.3. The molecule has 4 nitrogen and oxygen atoms in total. The molecular weight excluding hydrogens is 345 g/mol. The maximum absolute atomic E-state index is 11.2. The van der Waals surface area contributed by atoms with E-state index in [2.05, 4.69) is 20.7 Å². The fourth-order valence-electron chi connectivity index (χ4n) is 2.08. The lowest BCUT2D eigenvalue weighted by atomic mass is 9.92. The van der Waals surface area contributed by atoms with Crippen LogP contribution in [0.25, 0.3) is 0 Å². The van der Waals surface area contributed by atoms with Crippen LogP contribution in [0.4, 0.5) is 5.69 Å². The molecule has 2 rings (SSSR count). The van der Waals surface area contributed by atoms with E-state index in [0.717, 1.165) is 27.0 Å². The molecule has 6 heteroatoms. The molecule has 0 bridgehead atoms. The van der Waals surface area contributed by atoms with Crippen molar-refractivity contribution in [2.75, 3.05) is 12.8 Å². The van der Waals surface area contributed by atoms with Crippen LogP contribution < -0.4 is 15.9 Å². The zero-order chi connectivity index (χ0) is 16.1. The molecular formula is C16H17BBrNO3. The van der Waals surface area contributed by atoms with Crippen LogP contribution in [0, 0.1) is 0 Å². The highest BCUT2D eigenvalue weighted by Crippen LogP contribution is 2.29. The number of benzene rings is 2. The fourth-order valence-corrected chi connectivity index (χ4v) is 2.77. The van der Waals surface area contributed by atoms with Crippen molar-refractivity contribution >= 4 is 40.9 Å². The molecule has 0 fully saturated rings. The topological polar surface area (TPSA) is 61.5 Å². The molecule has 0 aliphatic heterocycles. The van der Waals surface area contributed by atoms with E-state index in [1.807, 2.05) is 32.1 Å². The monoisotopic (exact) mass is 361 g/mol. The van der Waals surface area contributed by atoms with E-state index >= 15 is 0 Å². The Morgan fingerprint density at radius 3 is 2.55 bits per heavy atom. The van der Waals surface area contributed by atoms with Gasteiger partial charge in [0.1, 0.15) is 19.3 Å². The lowest BCUT2D eigenvalue weighted by molar-refractivity contribution is -0.140. The molecule has 0 spiro atoms. The predicted octanol–water partition coefficient (Wildman–Crippen LogP) is 2.19. The molecule has 0 radical (unpaired) electrons. The Labute approximate surface area is 139 Å². The maximum Gasteiger partial charge on any atom is 0.305 e. The first-order chi connectivity index (χ1) is 10.5. The second-order valence-corrected chi connectivity index (χ2v) is 5.83. The van der Waals surface area contributed by atoms with Crippen LogP contribution in [-0.4, -0.2) is 20.9 Å². The molecule has 0 atom stereocenters. The van der Waals surface area contributed by atoms with Crippen LogP contribution in [0.2, 0.25) is 0 Å². The Morgan fingerprint density at radius 2 is 1.95 bits per heavy atom. The van der Waals surface area contributed by atoms with E-state index in [9.17, 15) is 4.79 Å². The minimum atomic E-state index is -0.212. The van der Waals surface area contributed by atoms with Gasteiger partial charge in [0, 0.05) is 12.1 Å². The number of anilines is 1. The van der Waals surface area contributed by atoms with Crippen molar-refractivity contribution in [3.8, 4) is 11.5 Å². The Kier molecular flexibility index (Phi) is 5.49. The van der Waals surface area contributed by atoms with E-state index in [0.29, 0.717) is 18.5 Å². The molecule has 0 amide bonds. The molecule has 2 aromatic rings. The number of halogens is 1. The third-order valence-electron chi connectivity index (χ3n) is 3.23. The van der Waals surface area contributed by atoms with Gasteiger partial charge in [0.15, 0.2) is 0 Å². The summed E-state index contributed by atoms with van der Waals surface area (Å²) in [6, 6.07) is 11.2. The van der Waals surface area contributed by atoms with Gasteiger partial charge >= 0.3 is 5.97 Å². The van der Waals surface area contributed by atoms with E-state index in [1.165, 1.54) is 7.11 Å². The summed E-state index contributed by atoms with van der Waals surface area (Å²) < 4.78 is 11.4. The predicted molar refractivity (Wildman–Crippen MR) is 93.6 cm³/mol. The summed E-state index contributed by atoms with van der Waals surface area (Å²) in [6.45, 7) is 0. The van der Waals surface area contributed by atoms with Crippen LogP contribution in [0.5, 0.6) is 11.5 Å². The van der Waals surface area contributed by atoms with Crippen molar-refractivity contribution in [1.82, 2.24) is 0 Å². The number of methoxy groups -OCH3 is 1. The number of nitrogen functional groups attached to an aromatic ring is 1. The van der Waals surface area contributed by atoms with Crippen LogP contribution in [0.3, 0.4) is 0 Å². The smallest absolute Gasteiger partial charge is 0.305 e. The van der Waals surface area contributed by atoms with E-state index in [1.54, 1.807) is 12.1 Å². The molecule has 2 aromatic carbocycles. The van der Waals surface area contributed by atoms with Crippen molar-refractivity contribution in [3.05, 3.63) is 46.4 Å². The lowest BCUT2D eigenvalue weighted by Crippen LogP contribution is -2.10. The number of esters is 1. The molecule has 0 saturated heterocycles. The highest BCUT2D eigenvalue weighted by Gasteiger charge is 2.10. The summed E-state index contributed by atoms with van der Waals surface area (Å²) >= 11 is 3.53. The van der Waals surface area contributed by atoms with E-state index in [4.69, 9.17) is 10.5 Å². The minimum Gasteiger partial charge on any atom is -0.469 e. The van der Waals surface area contributed by atoms with Gasteiger partial charge in [-0.15, -0.1) is 0 Å². The van der Waals surface area contributed by atoms with Gasteiger partial charge in [-0.2, -0.15) is 0 Å². The molecule has 0 aliphatic rings. The summed E-state index contributed by atoms with van der Waals surface area (Å²) in [4.78, 5) is 11.2. The Bertz CT molecular complexity index is 651. The summed E-state index contributed by atoms with van der Waals surface area (Å²) in [6.07, 6.45) is 0.995. The number of carbonyl (C=O) groups excluding carboxylic acids is 1. The Morgan fingerprint density at radius 1 is 1.27 bits per heavy atom. The van der Waals surface area contributed by atoms with E-state index < -0.39 is 0 Å². The van der Waals surface area contributed by atoms with Gasteiger partial charge in [0.25, 0.3) is 0 Å². The van der Waals surface area contributed by atoms with Gasteiger partial charge in [-0.25, -0.2) is 0 Å². The molecule has 0 heterocycles. The lowest BCUT2D eigenvalue weighted by Gasteiger charge is -2.13. The summed E-state index contributed by atoms with van der Waals surface area (Å²) in [5.41, 5.74) is 8.41. The van der Waals surface area contributed by atoms with Gasteiger partial charge in [0.05, 0.1) is 11.6 Å². The van der Waals surface area contributed by atoms with Gasteiger partial charge in [-0.05, 0) is 63.7 Å². The number of rotatable bonds is 5. The SMILES string of the molecule is Bc1cc(CCC(=O)OC)cc(Br)c1Oc1ccc(N)cc1. The van der Waals surface area contributed by atoms with Gasteiger partial charge in [-0.3, -0.25) is 4.79 Å². The highest BCUT2D eigenvalue weighted by atomic mass is 79.9. The molecule has 0 aromatic heterocycles. The minimum absolute atomic E-state index is 0.212. The fraction of sp³-hybridized carbons (Fsp3) is 0.188. The summed E-state index contributed by atoms with van der Waals surface area (Å²) in [5, 5.41) is 0. The molecule has 0 aliphatic carbocycles. The quantitative estimate of drug-likeness (QED) is 0.503. The Balaban J connectivity index is 2.16. The van der Waals surface area contributed by atoms with Crippen LogP contribution >= 0.6 is 15.9 Å². The zero-order valence-corrected chi connectivity index (χ0v) is 14.1. The first-order valence-electron chi connectivity index (χ1n) is 6.89. The van der Waals surface area contributed by atoms with Gasteiger partial charge in [-0.1, -0.05) is 6.07 Å². The van der Waals surface area contributed by atoms with Crippen molar-refractivity contribution in [3.63, 3.8) is 0 Å². The second-order valence-electron chi connectivity index (χ2n) is 4.97. The number of ether oxygens (including phenoxy) is 2. The number of carbonyl (C=O) groups is 1. The summed E-state index contributed by atoms with van der Waals surface area (Å²) in [5.74, 6) is 1.27. The van der Waals surface area contributed by atoms with Crippen LogP contribution in [-0.2, 0) is 16.0 Å². The maximum atomic E-state index is 11.2. The average molecular weight is 362 g/mol. The molecule has 114 valence electrons. The van der Waals surface area contributed by atoms with Crippen molar-refractivity contribution in [2.45, 2.75) is 12.8 Å². The number of nitrogens with two attached hydrogens (primary N) is 1. The molecule has 22 heavy (non-hydrogen) atoms. The molecule has 0 unspecified atom stereocenters. The van der Waals surface area contributed by atoms with Crippen molar-refractivity contribution in [1.29, 1.82) is 0 Å². The zero-order valence-electron chi connectivity index (χ0n) is 12.6. The third-order valence-corrected chi connectivity index (χ3v) is 3.82. The van der Waals surface area contributed by atoms with Crippen LogP contribution in [0.1, 0.15) is 12.0 Å². The Hall–Kier alpha value is -1.95. The number of hydrogen-bond donors (Lipinski definition) is 1. The average Bonchev–Trinajstić information content (AvgIpc) is 2.50. The third kappa shape index (κ3) is 4.27. The number of hydrogen-bond acceptors (Lipinski definition) is 4. The largest absolute Gasteiger partial charge is 0.469 e. The molecule has 2 N–H and O–H groups in total. The first-order valence-corrected chi connectivity index (χ1v) is 7.68. The van der Waals surface area contributed by atoms with Gasteiger partial charge < -0.3 is 15.2 Å². The second kappa shape index (κ2) is 7.36. The van der Waals surface area contributed by atoms with Crippen molar-refractivity contribution < 1.29 is 14.3 Å². The first kappa shape index (κ1) is 16.4. The van der Waals surface area contributed by atoms with Crippen LogP contribution in [0.15, 0.2) is 40.9 Å². The van der Waals surface area contributed by atoms with Gasteiger partial charge in [0.2, 0.25) is 0 Å².